The number of imidazole rings is 1. The van der Waals surface area contributed by atoms with Gasteiger partial charge in [-0.1, -0.05) is 42.8 Å². The van der Waals surface area contributed by atoms with Gasteiger partial charge >= 0.3 is 0 Å². The monoisotopic (exact) mass is 471 g/mol. The average Bonchev–Trinajstić information content (AvgIpc) is 3.53. The number of amides is 1. The number of aryl methyl sites for hydroxylation is 2. The molecule has 4 aromatic rings. The maximum Gasteiger partial charge on any atom is 0.286 e. The van der Waals surface area contributed by atoms with E-state index < -0.39 is 0 Å². The van der Waals surface area contributed by atoms with Crippen LogP contribution in [0.4, 0.5) is 0 Å². The van der Waals surface area contributed by atoms with E-state index in [-0.39, 0.29) is 5.91 Å². The molecule has 0 bridgehead atoms. The highest BCUT2D eigenvalue weighted by atomic mass is 16.5. The number of carbonyl (C=O) groups excluding carboxylic acids is 1. The van der Waals surface area contributed by atoms with Crippen LogP contribution in [0.1, 0.15) is 47.6 Å². The van der Waals surface area contributed by atoms with E-state index >= 15 is 0 Å². The smallest absolute Gasteiger partial charge is 0.286 e. The zero-order chi connectivity index (χ0) is 24.3. The van der Waals surface area contributed by atoms with E-state index in [0.29, 0.717) is 18.9 Å². The van der Waals surface area contributed by atoms with Crippen molar-refractivity contribution < 1.29 is 13.9 Å². The number of para-hydroxylation sites is 3. The minimum absolute atomic E-state index is 0.161. The number of furan rings is 1. The number of rotatable bonds is 14. The summed E-state index contributed by atoms with van der Waals surface area (Å²) in [5.41, 5.74) is 3.36. The number of carbonyl (C=O) groups is 1. The van der Waals surface area contributed by atoms with Crippen molar-refractivity contribution >= 4 is 16.9 Å². The molecule has 6 nitrogen and oxygen atoms in total. The summed E-state index contributed by atoms with van der Waals surface area (Å²) in [6.07, 6.45) is 8.98. The van der Waals surface area contributed by atoms with Gasteiger partial charge in [0, 0.05) is 19.5 Å². The largest absolute Gasteiger partial charge is 0.493 e. The van der Waals surface area contributed by atoms with Crippen molar-refractivity contribution in [1.29, 1.82) is 0 Å². The lowest BCUT2D eigenvalue weighted by atomic mass is 10.1. The lowest BCUT2D eigenvalue weighted by Gasteiger charge is -2.12. The van der Waals surface area contributed by atoms with Crippen molar-refractivity contribution in [3.8, 4) is 5.75 Å². The van der Waals surface area contributed by atoms with Crippen LogP contribution in [0.5, 0.6) is 5.75 Å². The molecule has 0 aliphatic heterocycles. The van der Waals surface area contributed by atoms with Crippen LogP contribution in [-0.2, 0) is 19.4 Å². The van der Waals surface area contributed by atoms with Crippen LogP contribution in [0, 0.1) is 0 Å². The quantitative estimate of drug-likeness (QED) is 0.182. The van der Waals surface area contributed by atoms with Crippen molar-refractivity contribution in [2.75, 3.05) is 13.2 Å². The second-order valence-electron chi connectivity index (χ2n) is 8.51. The molecule has 35 heavy (non-hydrogen) atoms. The molecular weight excluding hydrogens is 438 g/mol. The number of fused-ring (bicyclic) bond motifs is 1. The summed E-state index contributed by atoms with van der Waals surface area (Å²) in [4.78, 5) is 16.8. The lowest BCUT2D eigenvalue weighted by Crippen LogP contribution is -2.23. The van der Waals surface area contributed by atoms with Gasteiger partial charge in [0.15, 0.2) is 5.76 Å². The topological polar surface area (TPSA) is 69.3 Å². The van der Waals surface area contributed by atoms with Crippen LogP contribution in [0.2, 0.25) is 0 Å². The summed E-state index contributed by atoms with van der Waals surface area (Å²) in [5, 5.41) is 2.90. The third kappa shape index (κ3) is 6.63. The number of hydrogen-bond acceptors (Lipinski definition) is 4. The number of nitrogens with zero attached hydrogens (tertiary/aromatic N) is 2. The Morgan fingerprint density at radius 1 is 1.03 bits per heavy atom. The van der Waals surface area contributed by atoms with Crippen LogP contribution >= 0.6 is 0 Å². The Bertz CT molecular complexity index is 1230. The highest BCUT2D eigenvalue weighted by molar-refractivity contribution is 5.91. The first-order valence-corrected chi connectivity index (χ1v) is 12.3. The number of unbranched alkanes of at least 4 members (excludes halogenated alkanes) is 2. The van der Waals surface area contributed by atoms with Gasteiger partial charge in [-0.2, -0.15) is 0 Å². The molecule has 0 fully saturated rings. The maximum atomic E-state index is 11.9. The summed E-state index contributed by atoms with van der Waals surface area (Å²) in [5.74, 6) is 2.23. The highest BCUT2D eigenvalue weighted by Gasteiger charge is 2.11. The fourth-order valence-electron chi connectivity index (χ4n) is 4.22. The number of nitrogens with one attached hydrogen (secondary N) is 1. The molecule has 0 aliphatic carbocycles. The molecule has 1 amide bonds. The first kappa shape index (κ1) is 24.3. The molecule has 2 aromatic carbocycles. The molecule has 0 spiro atoms. The van der Waals surface area contributed by atoms with Crippen molar-refractivity contribution in [3.05, 3.63) is 96.7 Å². The van der Waals surface area contributed by atoms with Crippen LogP contribution in [-0.4, -0.2) is 28.6 Å². The van der Waals surface area contributed by atoms with Gasteiger partial charge in [-0.15, -0.1) is 6.58 Å². The first-order chi connectivity index (χ1) is 17.3. The summed E-state index contributed by atoms with van der Waals surface area (Å²) < 4.78 is 13.5. The van der Waals surface area contributed by atoms with Crippen molar-refractivity contribution in [3.63, 3.8) is 0 Å². The van der Waals surface area contributed by atoms with E-state index in [0.717, 1.165) is 67.7 Å². The molecule has 4 rings (SSSR count). The molecule has 6 heteroatoms. The van der Waals surface area contributed by atoms with E-state index in [1.54, 1.807) is 12.1 Å². The second kappa shape index (κ2) is 12.6. The van der Waals surface area contributed by atoms with Crippen LogP contribution in [0.25, 0.3) is 11.0 Å². The molecule has 182 valence electrons. The fourth-order valence-corrected chi connectivity index (χ4v) is 4.22. The van der Waals surface area contributed by atoms with Crippen LogP contribution in [0.3, 0.4) is 0 Å². The van der Waals surface area contributed by atoms with Crippen LogP contribution < -0.4 is 10.1 Å². The third-order valence-corrected chi connectivity index (χ3v) is 5.96. The summed E-state index contributed by atoms with van der Waals surface area (Å²) in [7, 11) is 0. The van der Waals surface area contributed by atoms with Crippen LogP contribution in [0.15, 0.2) is 84.0 Å². The molecule has 1 N–H and O–H groups in total. The minimum atomic E-state index is -0.161. The van der Waals surface area contributed by atoms with Gasteiger partial charge in [0.05, 0.1) is 23.9 Å². The fraction of sp³-hybridized carbons (Fsp3) is 0.310. The number of hydrogen-bond donors (Lipinski definition) is 1. The van der Waals surface area contributed by atoms with E-state index in [1.807, 2.05) is 30.3 Å². The number of benzene rings is 2. The van der Waals surface area contributed by atoms with E-state index in [4.69, 9.17) is 14.1 Å². The van der Waals surface area contributed by atoms with Gasteiger partial charge in [0.1, 0.15) is 11.6 Å². The second-order valence-corrected chi connectivity index (χ2v) is 8.51. The summed E-state index contributed by atoms with van der Waals surface area (Å²) in [6, 6.07) is 19.8. The number of allylic oxidation sites excluding steroid dienone is 1. The Balaban J connectivity index is 1.27. The van der Waals surface area contributed by atoms with Gasteiger partial charge in [-0.3, -0.25) is 4.79 Å². The zero-order valence-electron chi connectivity index (χ0n) is 20.1. The van der Waals surface area contributed by atoms with E-state index in [9.17, 15) is 4.79 Å². The van der Waals surface area contributed by atoms with Crippen molar-refractivity contribution in [2.45, 2.75) is 45.1 Å². The van der Waals surface area contributed by atoms with Gasteiger partial charge in [-0.25, -0.2) is 4.98 Å². The number of ether oxygens (including phenoxy) is 1. The Labute approximate surface area is 206 Å². The number of aromatic nitrogens is 2. The van der Waals surface area contributed by atoms with Crippen molar-refractivity contribution in [2.24, 2.45) is 0 Å². The molecule has 0 atom stereocenters. The average molecular weight is 472 g/mol. The molecule has 0 aliphatic rings. The highest BCUT2D eigenvalue weighted by Crippen LogP contribution is 2.21. The molecule has 2 aromatic heterocycles. The Kier molecular flexibility index (Phi) is 8.76. The predicted molar refractivity (Wildman–Crippen MR) is 139 cm³/mol. The molecular formula is C29H33N3O3. The predicted octanol–water partition coefficient (Wildman–Crippen LogP) is 5.97. The van der Waals surface area contributed by atoms with E-state index in [1.165, 1.54) is 11.8 Å². The first-order valence-electron chi connectivity index (χ1n) is 12.3. The third-order valence-electron chi connectivity index (χ3n) is 5.96. The minimum Gasteiger partial charge on any atom is -0.493 e. The Morgan fingerprint density at radius 3 is 2.74 bits per heavy atom. The van der Waals surface area contributed by atoms with Gasteiger partial charge in [0.2, 0.25) is 0 Å². The van der Waals surface area contributed by atoms with Gasteiger partial charge in [0.25, 0.3) is 5.91 Å². The van der Waals surface area contributed by atoms with Gasteiger partial charge < -0.3 is 19.0 Å². The van der Waals surface area contributed by atoms with E-state index in [2.05, 4.69) is 40.7 Å². The summed E-state index contributed by atoms with van der Waals surface area (Å²) in [6.45, 7) is 5.98. The Morgan fingerprint density at radius 2 is 1.89 bits per heavy atom. The Hall–Kier alpha value is -3.80. The van der Waals surface area contributed by atoms with Gasteiger partial charge in [-0.05, 0) is 61.6 Å². The molecule has 0 radical (unpaired) electrons. The SMILES string of the molecule is C=CCc1ccccc1OCCCn1c(CCCCCNC(=O)c2ccco2)nc2ccccc21. The molecule has 0 unspecified atom stereocenters. The lowest BCUT2D eigenvalue weighted by molar-refractivity contribution is 0.0925. The maximum absolute atomic E-state index is 11.9. The van der Waals surface area contributed by atoms with Crippen molar-refractivity contribution in [1.82, 2.24) is 14.9 Å². The standard InChI is InChI=1S/C29H33N3O3/c1-2-12-23-13-5-8-16-26(23)34-22-11-20-32-25-15-7-6-14-24(25)31-28(32)18-4-3-9-19-30-29(33)27-17-10-21-35-27/h2,5-8,10,13-17,21H,1,3-4,9,11-12,18-20,22H2,(H,30,33). The zero-order valence-corrected chi connectivity index (χ0v) is 20.1. The summed E-state index contributed by atoms with van der Waals surface area (Å²) >= 11 is 0. The normalized spacial score (nSPS) is 11.0. The molecule has 2 heterocycles. The molecule has 0 saturated carbocycles. The molecule has 0 saturated heterocycles.